The monoisotopic (exact) mass is 237 g/mol. The van der Waals surface area contributed by atoms with Gasteiger partial charge in [0.1, 0.15) is 0 Å². The van der Waals surface area contributed by atoms with Crippen LogP contribution in [0.2, 0.25) is 0 Å². The molecule has 0 aromatic rings. The van der Waals surface area contributed by atoms with E-state index in [0.717, 1.165) is 38.6 Å². The van der Waals surface area contributed by atoms with Crippen molar-refractivity contribution in [1.29, 1.82) is 0 Å². The third kappa shape index (κ3) is 3.32. The van der Waals surface area contributed by atoms with Gasteiger partial charge in [0.15, 0.2) is 0 Å². The lowest BCUT2D eigenvalue weighted by Gasteiger charge is -2.26. The number of likely N-dealkylation sites (tertiary alicyclic amines) is 1. The van der Waals surface area contributed by atoms with Crippen molar-refractivity contribution < 1.29 is 9.90 Å². The predicted octanol–water partition coefficient (Wildman–Crippen LogP) is 2.10. The Balaban J connectivity index is 1.86. The van der Waals surface area contributed by atoms with Crippen molar-refractivity contribution in [3.05, 3.63) is 12.2 Å². The Morgan fingerprint density at radius 1 is 1.53 bits per heavy atom. The van der Waals surface area contributed by atoms with Crippen molar-refractivity contribution in [2.24, 2.45) is 5.92 Å². The maximum atomic E-state index is 12.2. The highest BCUT2D eigenvalue weighted by molar-refractivity contribution is 5.77. The van der Waals surface area contributed by atoms with E-state index < -0.39 is 0 Å². The van der Waals surface area contributed by atoms with Gasteiger partial charge in [-0.1, -0.05) is 12.2 Å². The number of carbonyl (C=O) groups excluding carboxylic acids is 1. The molecule has 0 aromatic carbocycles. The minimum absolute atomic E-state index is 0.271. The van der Waals surface area contributed by atoms with Gasteiger partial charge in [0.05, 0.1) is 6.10 Å². The molecule has 1 amide bonds. The van der Waals surface area contributed by atoms with Gasteiger partial charge in [0.2, 0.25) is 5.91 Å². The first kappa shape index (κ1) is 12.6. The van der Waals surface area contributed by atoms with Gasteiger partial charge in [-0.05, 0) is 44.9 Å². The molecule has 3 heteroatoms. The number of aliphatic hydroxyl groups is 1. The second-order valence-electron chi connectivity index (χ2n) is 5.44. The van der Waals surface area contributed by atoms with Crippen molar-refractivity contribution in [1.82, 2.24) is 4.90 Å². The minimum Gasteiger partial charge on any atom is -0.393 e. The second-order valence-corrected chi connectivity index (χ2v) is 5.44. The summed E-state index contributed by atoms with van der Waals surface area (Å²) in [7, 11) is 0. The van der Waals surface area contributed by atoms with Crippen LogP contribution in [0.4, 0.5) is 0 Å². The molecule has 0 saturated carbocycles. The lowest BCUT2D eigenvalue weighted by molar-refractivity contribution is -0.133. The highest BCUT2D eigenvalue weighted by atomic mass is 16.3. The van der Waals surface area contributed by atoms with Gasteiger partial charge in [-0.15, -0.1) is 0 Å². The molecular formula is C14H23NO2. The first-order chi connectivity index (χ1) is 8.16. The average Bonchev–Trinajstić information content (AvgIpc) is 2.87. The molecule has 2 rings (SSSR count). The molecule has 1 fully saturated rings. The quantitative estimate of drug-likeness (QED) is 0.761. The first-order valence-corrected chi connectivity index (χ1v) is 6.81. The smallest absolute Gasteiger partial charge is 0.223 e. The minimum atomic E-state index is -0.306. The molecule has 2 aliphatic rings. The van der Waals surface area contributed by atoms with Crippen LogP contribution >= 0.6 is 0 Å². The van der Waals surface area contributed by atoms with Gasteiger partial charge in [0.25, 0.3) is 0 Å². The Labute approximate surface area is 103 Å². The summed E-state index contributed by atoms with van der Waals surface area (Å²) in [5.41, 5.74) is 0. The van der Waals surface area contributed by atoms with Crippen LogP contribution in [-0.2, 0) is 4.79 Å². The van der Waals surface area contributed by atoms with Crippen molar-refractivity contribution in [3.8, 4) is 0 Å². The lowest BCUT2D eigenvalue weighted by Crippen LogP contribution is -2.37. The number of carbonyl (C=O) groups is 1. The van der Waals surface area contributed by atoms with E-state index in [1.54, 1.807) is 6.92 Å². The summed E-state index contributed by atoms with van der Waals surface area (Å²) in [6.07, 6.45) is 9.82. The standard InChI is InChI=1S/C14H23NO2/c1-11(16)9-13-7-4-8-15(13)14(17)10-12-5-2-3-6-12/h2,5,11-13,16H,3-4,6-10H2,1H3/t11-,12-,13+/m0/s1. The summed E-state index contributed by atoms with van der Waals surface area (Å²) < 4.78 is 0. The number of rotatable bonds is 4. The molecule has 0 unspecified atom stereocenters. The normalized spacial score (nSPS) is 29.9. The number of hydrogen-bond acceptors (Lipinski definition) is 2. The molecule has 1 aliphatic heterocycles. The zero-order valence-corrected chi connectivity index (χ0v) is 10.6. The van der Waals surface area contributed by atoms with E-state index in [4.69, 9.17) is 0 Å². The van der Waals surface area contributed by atoms with Crippen molar-refractivity contribution in [2.75, 3.05) is 6.54 Å². The number of amides is 1. The van der Waals surface area contributed by atoms with Crippen molar-refractivity contribution >= 4 is 5.91 Å². The molecule has 1 heterocycles. The zero-order valence-electron chi connectivity index (χ0n) is 10.6. The molecule has 96 valence electrons. The average molecular weight is 237 g/mol. The van der Waals surface area contributed by atoms with Crippen LogP contribution in [0.3, 0.4) is 0 Å². The van der Waals surface area contributed by atoms with Crippen LogP contribution in [0.15, 0.2) is 12.2 Å². The van der Waals surface area contributed by atoms with Crippen LogP contribution in [0.1, 0.15) is 45.4 Å². The van der Waals surface area contributed by atoms with Crippen LogP contribution in [0.5, 0.6) is 0 Å². The van der Waals surface area contributed by atoms with Crippen molar-refractivity contribution in [2.45, 2.75) is 57.6 Å². The number of hydrogen-bond donors (Lipinski definition) is 1. The van der Waals surface area contributed by atoms with Crippen LogP contribution in [0, 0.1) is 5.92 Å². The third-order valence-corrected chi connectivity index (χ3v) is 3.86. The second kappa shape index (κ2) is 5.67. The third-order valence-electron chi connectivity index (χ3n) is 3.86. The molecule has 1 aliphatic carbocycles. The molecule has 17 heavy (non-hydrogen) atoms. The molecule has 3 nitrogen and oxygen atoms in total. The van der Waals surface area contributed by atoms with Gasteiger partial charge in [-0.2, -0.15) is 0 Å². The summed E-state index contributed by atoms with van der Waals surface area (Å²) in [6, 6.07) is 0.271. The first-order valence-electron chi connectivity index (χ1n) is 6.81. The fraction of sp³-hybridized carbons (Fsp3) is 0.786. The number of aliphatic hydroxyl groups excluding tert-OH is 1. The molecule has 0 bridgehead atoms. The molecule has 0 spiro atoms. The largest absolute Gasteiger partial charge is 0.393 e. The van der Waals surface area contributed by atoms with E-state index in [2.05, 4.69) is 12.2 Å². The Bertz CT molecular complexity index is 299. The summed E-state index contributed by atoms with van der Waals surface area (Å²) in [4.78, 5) is 14.2. The molecule has 1 saturated heterocycles. The van der Waals surface area contributed by atoms with Crippen LogP contribution < -0.4 is 0 Å². The number of allylic oxidation sites excluding steroid dienone is 2. The van der Waals surface area contributed by atoms with Gasteiger partial charge in [-0.25, -0.2) is 0 Å². The Kier molecular flexibility index (Phi) is 4.21. The SMILES string of the molecule is C[C@H](O)C[C@H]1CCCN1C(=O)C[C@H]1C=CCC1. The lowest BCUT2D eigenvalue weighted by atomic mass is 10.0. The predicted molar refractivity (Wildman–Crippen MR) is 67.5 cm³/mol. The Hall–Kier alpha value is -0.830. The van der Waals surface area contributed by atoms with Gasteiger partial charge < -0.3 is 10.0 Å². The van der Waals surface area contributed by atoms with E-state index in [-0.39, 0.29) is 18.1 Å². The van der Waals surface area contributed by atoms with Crippen molar-refractivity contribution in [3.63, 3.8) is 0 Å². The summed E-state index contributed by atoms with van der Waals surface area (Å²) >= 11 is 0. The maximum absolute atomic E-state index is 12.2. The van der Waals surface area contributed by atoms with Crippen LogP contribution in [0.25, 0.3) is 0 Å². The summed E-state index contributed by atoms with van der Waals surface area (Å²) in [6.45, 7) is 2.69. The molecule has 0 radical (unpaired) electrons. The maximum Gasteiger partial charge on any atom is 0.223 e. The number of nitrogens with zero attached hydrogens (tertiary/aromatic N) is 1. The van der Waals surface area contributed by atoms with E-state index in [1.807, 2.05) is 4.90 Å². The van der Waals surface area contributed by atoms with E-state index >= 15 is 0 Å². The molecule has 0 aromatic heterocycles. The van der Waals surface area contributed by atoms with E-state index in [0.29, 0.717) is 12.3 Å². The topological polar surface area (TPSA) is 40.5 Å². The van der Waals surface area contributed by atoms with E-state index in [1.165, 1.54) is 0 Å². The zero-order chi connectivity index (χ0) is 12.3. The molecule has 1 N–H and O–H groups in total. The summed E-state index contributed by atoms with van der Waals surface area (Å²) in [5.74, 6) is 0.736. The summed E-state index contributed by atoms with van der Waals surface area (Å²) in [5, 5.41) is 9.45. The Morgan fingerprint density at radius 2 is 2.35 bits per heavy atom. The Morgan fingerprint density at radius 3 is 3.00 bits per heavy atom. The highest BCUT2D eigenvalue weighted by Gasteiger charge is 2.30. The molecular weight excluding hydrogens is 214 g/mol. The highest BCUT2D eigenvalue weighted by Crippen LogP contribution is 2.26. The fourth-order valence-corrected chi connectivity index (χ4v) is 3.01. The molecule has 3 atom stereocenters. The van der Waals surface area contributed by atoms with Gasteiger partial charge in [0, 0.05) is 19.0 Å². The van der Waals surface area contributed by atoms with Gasteiger partial charge in [-0.3, -0.25) is 4.79 Å². The van der Waals surface area contributed by atoms with Crippen LogP contribution in [-0.4, -0.2) is 34.6 Å². The van der Waals surface area contributed by atoms with Gasteiger partial charge >= 0.3 is 0 Å². The van der Waals surface area contributed by atoms with E-state index in [9.17, 15) is 9.90 Å². The fourth-order valence-electron chi connectivity index (χ4n) is 3.01.